The van der Waals surface area contributed by atoms with E-state index in [1.807, 2.05) is 19.9 Å². The number of nitrogens with one attached hydrogen (secondary N) is 1. The molecule has 21 heavy (non-hydrogen) atoms. The second kappa shape index (κ2) is 7.53. The molecule has 0 aliphatic heterocycles. The van der Waals surface area contributed by atoms with Gasteiger partial charge < -0.3 is 11.1 Å². The minimum atomic E-state index is -3.54. The van der Waals surface area contributed by atoms with E-state index in [-0.39, 0.29) is 24.2 Å². The topological polar surface area (TPSA) is 92.5 Å². The second-order valence-electron chi connectivity index (χ2n) is 5.26. The van der Waals surface area contributed by atoms with Crippen molar-refractivity contribution in [1.82, 2.24) is 9.62 Å². The standard InChI is InChI=1S/C14H23N3O3S/c1-11(2)16-14(18)9-17(3)21(19,20)10-13-6-4-5-12(7-13)8-15/h4-7,11H,8-10,15H2,1-3H3,(H,16,18). The fraction of sp³-hybridized carbons (Fsp3) is 0.500. The van der Waals surface area contributed by atoms with Gasteiger partial charge in [-0.15, -0.1) is 0 Å². The van der Waals surface area contributed by atoms with Gasteiger partial charge in [0.15, 0.2) is 0 Å². The summed E-state index contributed by atoms with van der Waals surface area (Å²) in [6.45, 7) is 3.83. The van der Waals surface area contributed by atoms with Crippen molar-refractivity contribution in [1.29, 1.82) is 0 Å². The molecule has 0 aromatic heterocycles. The third-order valence-corrected chi connectivity index (χ3v) is 4.64. The summed E-state index contributed by atoms with van der Waals surface area (Å²) in [6, 6.07) is 7.10. The van der Waals surface area contributed by atoms with E-state index >= 15 is 0 Å². The molecule has 1 aromatic carbocycles. The maximum Gasteiger partial charge on any atom is 0.235 e. The summed E-state index contributed by atoms with van der Waals surface area (Å²) < 4.78 is 25.5. The molecule has 0 heterocycles. The summed E-state index contributed by atoms with van der Waals surface area (Å²) in [7, 11) is -2.13. The monoisotopic (exact) mass is 313 g/mol. The molecule has 118 valence electrons. The molecule has 0 bridgehead atoms. The van der Waals surface area contributed by atoms with Crippen molar-refractivity contribution in [3.63, 3.8) is 0 Å². The summed E-state index contributed by atoms with van der Waals surface area (Å²) in [5, 5.41) is 2.67. The van der Waals surface area contributed by atoms with Gasteiger partial charge in [-0.3, -0.25) is 4.79 Å². The summed E-state index contributed by atoms with van der Waals surface area (Å²) >= 11 is 0. The number of hydrogen-bond donors (Lipinski definition) is 2. The Bertz CT molecular complexity index is 585. The smallest absolute Gasteiger partial charge is 0.235 e. The Morgan fingerprint density at radius 3 is 2.52 bits per heavy atom. The van der Waals surface area contributed by atoms with Gasteiger partial charge in [-0.1, -0.05) is 24.3 Å². The van der Waals surface area contributed by atoms with Crippen LogP contribution in [0.4, 0.5) is 0 Å². The Kier molecular flexibility index (Phi) is 6.32. The van der Waals surface area contributed by atoms with Gasteiger partial charge in [-0.2, -0.15) is 4.31 Å². The third kappa shape index (κ3) is 5.82. The average molecular weight is 313 g/mol. The summed E-state index contributed by atoms with van der Waals surface area (Å²) in [4.78, 5) is 11.6. The number of carbonyl (C=O) groups is 1. The molecule has 1 rings (SSSR count). The van der Waals surface area contributed by atoms with Crippen molar-refractivity contribution in [3.8, 4) is 0 Å². The molecule has 1 aromatic rings. The van der Waals surface area contributed by atoms with Crippen LogP contribution >= 0.6 is 0 Å². The van der Waals surface area contributed by atoms with E-state index < -0.39 is 10.0 Å². The third-order valence-electron chi connectivity index (χ3n) is 2.87. The van der Waals surface area contributed by atoms with Crippen molar-refractivity contribution in [2.45, 2.75) is 32.2 Å². The van der Waals surface area contributed by atoms with Crippen LogP contribution in [0.1, 0.15) is 25.0 Å². The molecule has 0 atom stereocenters. The number of sulfonamides is 1. The normalized spacial score (nSPS) is 11.9. The first-order valence-corrected chi connectivity index (χ1v) is 8.36. The summed E-state index contributed by atoms with van der Waals surface area (Å²) in [5.41, 5.74) is 7.08. The zero-order valence-corrected chi connectivity index (χ0v) is 13.5. The molecule has 0 aliphatic rings. The van der Waals surface area contributed by atoms with Crippen molar-refractivity contribution >= 4 is 15.9 Å². The molecule has 0 unspecified atom stereocenters. The first-order valence-electron chi connectivity index (χ1n) is 6.76. The highest BCUT2D eigenvalue weighted by Crippen LogP contribution is 2.11. The number of amides is 1. The van der Waals surface area contributed by atoms with Crippen LogP contribution in [0.15, 0.2) is 24.3 Å². The quantitative estimate of drug-likeness (QED) is 0.763. The number of rotatable bonds is 7. The maximum atomic E-state index is 12.2. The van der Waals surface area contributed by atoms with Gasteiger partial charge in [0.1, 0.15) is 0 Å². The molecular formula is C14H23N3O3S. The van der Waals surface area contributed by atoms with E-state index in [9.17, 15) is 13.2 Å². The minimum Gasteiger partial charge on any atom is -0.353 e. The van der Waals surface area contributed by atoms with Gasteiger partial charge in [-0.25, -0.2) is 8.42 Å². The van der Waals surface area contributed by atoms with Gasteiger partial charge >= 0.3 is 0 Å². The van der Waals surface area contributed by atoms with E-state index in [1.165, 1.54) is 7.05 Å². The Morgan fingerprint density at radius 2 is 1.95 bits per heavy atom. The molecule has 1 amide bonds. The molecule has 0 radical (unpaired) electrons. The highest BCUT2D eigenvalue weighted by molar-refractivity contribution is 7.88. The van der Waals surface area contributed by atoms with Crippen molar-refractivity contribution in [2.75, 3.05) is 13.6 Å². The van der Waals surface area contributed by atoms with Crippen molar-refractivity contribution in [3.05, 3.63) is 35.4 Å². The van der Waals surface area contributed by atoms with E-state index in [4.69, 9.17) is 5.73 Å². The Morgan fingerprint density at radius 1 is 1.33 bits per heavy atom. The molecule has 3 N–H and O–H groups in total. The zero-order chi connectivity index (χ0) is 16.0. The number of benzene rings is 1. The molecule has 0 spiro atoms. The van der Waals surface area contributed by atoms with Crippen molar-refractivity contribution in [2.24, 2.45) is 5.73 Å². The lowest BCUT2D eigenvalue weighted by Crippen LogP contribution is -2.41. The van der Waals surface area contributed by atoms with Gasteiger partial charge in [0.05, 0.1) is 12.3 Å². The van der Waals surface area contributed by atoms with Crippen LogP contribution < -0.4 is 11.1 Å². The fourth-order valence-electron chi connectivity index (χ4n) is 1.84. The maximum absolute atomic E-state index is 12.2. The van der Waals surface area contributed by atoms with Crippen LogP contribution in [0.2, 0.25) is 0 Å². The van der Waals surface area contributed by atoms with Crippen LogP contribution in [0.5, 0.6) is 0 Å². The molecule has 0 saturated heterocycles. The van der Waals surface area contributed by atoms with Crippen LogP contribution in [-0.4, -0.2) is 38.3 Å². The average Bonchev–Trinajstić information content (AvgIpc) is 2.37. The Hall–Kier alpha value is -1.44. The Balaban J connectivity index is 2.73. The van der Waals surface area contributed by atoms with Gasteiger partial charge in [0.25, 0.3) is 0 Å². The highest BCUT2D eigenvalue weighted by Gasteiger charge is 2.21. The first kappa shape index (κ1) is 17.6. The van der Waals surface area contributed by atoms with Crippen LogP contribution in [0.3, 0.4) is 0 Å². The van der Waals surface area contributed by atoms with Crippen LogP contribution in [0, 0.1) is 0 Å². The summed E-state index contributed by atoms with van der Waals surface area (Å²) in [5.74, 6) is -0.460. The number of carbonyl (C=O) groups excluding carboxylic acids is 1. The van der Waals surface area contributed by atoms with Crippen LogP contribution in [-0.2, 0) is 27.1 Å². The number of nitrogens with zero attached hydrogens (tertiary/aromatic N) is 1. The number of nitrogens with two attached hydrogens (primary N) is 1. The molecule has 0 fully saturated rings. The zero-order valence-electron chi connectivity index (χ0n) is 12.7. The largest absolute Gasteiger partial charge is 0.353 e. The van der Waals surface area contributed by atoms with E-state index in [1.54, 1.807) is 18.2 Å². The molecule has 0 saturated carbocycles. The predicted molar refractivity (Wildman–Crippen MR) is 82.9 cm³/mol. The summed E-state index contributed by atoms with van der Waals surface area (Å²) in [6.07, 6.45) is 0. The van der Waals surface area contributed by atoms with E-state index in [0.717, 1.165) is 9.87 Å². The SMILES string of the molecule is CC(C)NC(=O)CN(C)S(=O)(=O)Cc1cccc(CN)c1. The lowest BCUT2D eigenvalue weighted by atomic mass is 10.1. The Labute approximate surface area is 126 Å². The van der Waals surface area contributed by atoms with Gasteiger partial charge in [0.2, 0.25) is 15.9 Å². The van der Waals surface area contributed by atoms with E-state index in [0.29, 0.717) is 12.1 Å². The number of hydrogen-bond acceptors (Lipinski definition) is 4. The fourth-order valence-corrected chi connectivity index (χ4v) is 2.97. The lowest BCUT2D eigenvalue weighted by Gasteiger charge is -2.18. The molecule has 7 heteroatoms. The first-order chi connectivity index (χ1) is 9.74. The molecule has 0 aliphatic carbocycles. The highest BCUT2D eigenvalue weighted by atomic mass is 32.2. The van der Waals surface area contributed by atoms with Crippen molar-refractivity contribution < 1.29 is 13.2 Å². The van der Waals surface area contributed by atoms with Gasteiger partial charge in [-0.05, 0) is 25.0 Å². The van der Waals surface area contributed by atoms with Gasteiger partial charge in [0, 0.05) is 19.6 Å². The van der Waals surface area contributed by atoms with E-state index in [2.05, 4.69) is 5.32 Å². The second-order valence-corrected chi connectivity index (χ2v) is 7.33. The minimum absolute atomic E-state index is 0.0187. The van der Waals surface area contributed by atoms with Crippen LogP contribution in [0.25, 0.3) is 0 Å². The lowest BCUT2D eigenvalue weighted by molar-refractivity contribution is -0.121. The number of likely N-dealkylation sites (N-methyl/N-ethyl adjacent to an activating group) is 1. The molecule has 6 nitrogen and oxygen atoms in total. The predicted octanol–water partition coefficient (Wildman–Crippen LogP) is 0.432. The molecular weight excluding hydrogens is 290 g/mol.